The normalized spacial score (nSPS) is 20.5. The molecule has 1 aliphatic heterocycles. The molecule has 1 atom stereocenters. The summed E-state index contributed by atoms with van der Waals surface area (Å²) in [6, 6.07) is 6.33. The van der Waals surface area contributed by atoms with Crippen molar-refractivity contribution < 1.29 is 0 Å². The fraction of sp³-hybridized carbons (Fsp3) is 0.500. The van der Waals surface area contributed by atoms with Gasteiger partial charge in [0.05, 0.1) is 5.69 Å². The monoisotopic (exact) mass is 216 g/mol. The average molecular weight is 216 g/mol. The van der Waals surface area contributed by atoms with E-state index in [0.717, 1.165) is 25.1 Å². The molecule has 0 aromatic carbocycles. The zero-order valence-corrected chi connectivity index (χ0v) is 9.26. The van der Waals surface area contributed by atoms with E-state index in [4.69, 9.17) is 11.0 Å². The Labute approximate surface area is 95.7 Å². The predicted octanol–water partition coefficient (Wildman–Crippen LogP) is 1.27. The Hall–Kier alpha value is -1.60. The summed E-state index contributed by atoms with van der Waals surface area (Å²) in [5, 5.41) is 9.04. The quantitative estimate of drug-likeness (QED) is 0.808. The summed E-state index contributed by atoms with van der Waals surface area (Å²) in [5.74, 6) is 0. The van der Waals surface area contributed by atoms with Gasteiger partial charge in [0.15, 0.2) is 5.69 Å². The van der Waals surface area contributed by atoms with Crippen LogP contribution in [0.15, 0.2) is 18.3 Å². The summed E-state index contributed by atoms with van der Waals surface area (Å²) >= 11 is 0. The van der Waals surface area contributed by atoms with E-state index in [-0.39, 0.29) is 0 Å². The first-order valence-corrected chi connectivity index (χ1v) is 5.68. The van der Waals surface area contributed by atoms with Crippen molar-refractivity contribution in [3.05, 3.63) is 24.0 Å². The second-order valence-corrected chi connectivity index (χ2v) is 4.06. The Morgan fingerprint density at radius 2 is 2.44 bits per heavy atom. The van der Waals surface area contributed by atoms with E-state index >= 15 is 0 Å². The number of hydrogen-bond acceptors (Lipinski definition) is 4. The highest BCUT2D eigenvalue weighted by Gasteiger charge is 2.23. The van der Waals surface area contributed by atoms with E-state index in [0.29, 0.717) is 18.3 Å². The highest BCUT2D eigenvalue weighted by molar-refractivity contribution is 5.56. The number of hydrogen-bond donors (Lipinski definition) is 1. The zero-order valence-electron chi connectivity index (χ0n) is 9.26. The largest absolute Gasteiger partial charge is 0.365 e. The van der Waals surface area contributed by atoms with Gasteiger partial charge in [0.1, 0.15) is 6.07 Å². The van der Waals surface area contributed by atoms with Crippen molar-refractivity contribution in [1.29, 1.82) is 5.26 Å². The SMILES string of the molecule is N#Cc1ncccc1N1CCCCC1CN. The molecular formula is C12H16N4. The first-order valence-electron chi connectivity index (χ1n) is 5.68. The van der Waals surface area contributed by atoms with Crippen LogP contribution in [0.3, 0.4) is 0 Å². The minimum Gasteiger partial charge on any atom is -0.365 e. The smallest absolute Gasteiger partial charge is 0.163 e. The second kappa shape index (κ2) is 4.95. The standard InChI is InChI=1S/C12H16N4/c13-8-10-4-1-2-7-16(10)12-5-3-6-15-11(12)9-14/h3,5-6,10H,1-2,4,7-8,13H2. The molecule has 2 N–H and O–H groups in total. The van der Waals surface area contributed by atoms with E-state index in [1.54, 1.807) is 6.20 Å². The van der Waals surface area contributed by atoms with E-state index < -0.39 is 0 Å². The Bertz CT molecular complexity index is 396. The van der Waals surface area contributed by atoms with Gasteiger partial charge in [0.25, 0.3) is 0 Å². The lowest BCUT2D eigenvalue weighted by atomic mass is 10.0. The number of pyridine rings is 1. The van der Waals surface area contributed by atoms with Gasteiger partial charge in [-0.3, -0.25) is 0 Å². The van der Waals surface area contributed by atoms with Crippen molar-refractivity contribution in [2.45, 2.75) is 25.3 Å². The molecule has 0 amide bonds. The third-order valence-electron chi connectivity index (χ3n) is 3.10. The lowest BCUT2D eigenvalue weighted by Gasteiger charge is -2.37. The minimum absolute atomic E-state index is 0.352. The molecule has 0 bridgehead atoms. The first kappa shape index (κ1) is 10.9. The topological polar surface area (TPSA) is 65.9 Å². The van der Waals surface area contributed by atoms with Gasteiger partial charge in [-0.15, -0.1) is 0 Å². The van der Waals surface area contributed by atoms with Crippen molar-refractivity contribution in [3.63, 3.8) is 0 Å². The van der Waals surface area contributed by atoms with Crippen LogP contribution in [0.2, 0.25) is 0 Å². The number of rotatable bonds is 2. The maximum absolute atomic E-state index is 9.04. The molecule has 2 rings (SSSR count). The molecule has 1 aliphatic rings. The fourth-order valence-electron chi connectivity index (χ4n) is 2.28. The molecule has 84 valence electrons. The summed E-state index contributed by atoms with van der Waals surface area (Å²) in [5.41, 5.74) is 7.21. The summed E-state index contributed by atoms with van der Waals surface area (Å²) in [7, 11) is 0. The van der Waals surface area contributed by atoms with Crippen LogP contribution in [-0.4, -0.2) is 24.1 Å². The second-order valence-electron chi connectivity index (χ2n) is 4.06. The maximum Gasteiger partial charge on any atom is 0.163 e. The lowest BCUT2D eigenvalue weighted by molar-refractivity contribution is 0.465. The highest BCUT2D eigenvalue weighted by atomic mass is 15.2. The third kappa shape index (κ3) is 2.00. The Balaban J connectivity index is 2.31. The molecule has 2 heterocycles. The van der Waals surface area contributed by atoms with Crippen LogP contribution < -0.4 is 10.6 Å². The molecule has 0 aliphatic carbocycles. The number of nitriles is 1. The van der Waals surface area contributed by atoms with Crippen LogP contribution >= 0.6 is 0 Å². The Kier molecular flexibility index (Phi) is 3.37. The molecule has 0 spiro atoms. The van der Waals surface area contributed by atoms with Crippen LogP contribution in [0.1, 0.15) is 25.0 Å². The predicted molar refractivity (Wildman–Crippen MR) is 63.0 cm³/mol. The summed E-state index contributed by atoms with van der Waals surface area (Å²) in [6.07, 6.45) is 5.15. The number of nitrogens with zero attached hydrogens (tertiary/aromatic N) is 3. The van der Waals surface area contributed by atoms with Gasteiger partial charge in [-0.2, -0.15) is 5.26 Å². The van der Waals surface area contributed by atoms with Crippen molar-refractivity contribution >= 4 is 5.69 Å². The molecule has 1 aromatic rings. The molecule has 1 unspecified atom stereocenters. The highest BCUT2D eigenvalue weighted by Crippen LogP contribution is 2.25. The number of anilines is 1. The third-order valence-corrected chi connectivity index (χ3v) is 3.10. The zero-order chi connectivity index (χ0) is 11.4. The van der Waals surface area contributed by atoms with Crippen LogP contribution in [-0.2, 0) is 0 Å². The van der Waals surface area contributed by atoms with Gasteiger partial charge < -0.3 is 10.6 Å². The van der Waals surface area contributed by atoms with Crippen LogP contribution in [0.4, 0.5) is 5.69 Å². The molecule has 1 fully saturated rings. The lowest BCUT2D eigenvalue weighted by Crippen LogP contribution is -2.44. The van der Waals surface area contributed by atoms with Gasteiger partial charge in [-0.25, -0.2) is 4.98 Å². The van der Waals surface area contributed by atoms with Gasteiger partial charge >= 0.3 is 0 Å². The molecule has 0 saturated carbocycles. The van der Waals surface area contributed by atoms with Gasteiger partial charge in [-0.1, -0.05) is 0 Å². The van der Waals surface area contributed by atoms with Gasteiger partial charge in [0.2, 0.25) is 0 Å². The van der Waals surface area contributed by atoms with Gasteiger partial charge in [0, 0.05) is 25.3 Å². The number of piperidine rings is 1. The van der Waals surface area contributed by atoms with E-state index in [1.165, 1.54) is 6.42 Å². The van der Waals surface area contributed by atoms with E-state index in [2.05, 4.69) is 16.0 Å². The van der Waals surface area contributed by atoms with Crippen LogP contribution in [0, 0.1) is 11.3 Å². The summed E-state index contributed by atoms with van der Waals surface area (Å²) in [4.78, 5) is 6.33. The van der Waals surface area contributed by atoms with Gasteiger partial charge in [-0.05, 0) is 31.4 Å². The minimum atomic E-state index is 0.352. The molecule has 16 heavy (non-hydrogen) atoms. The van der Waals surface area contributed by atoms with Crippen LogP contribution in [0.25, 0.3) is 0 Å². The van der Waals surface area contributed by atoms with Crippen molar-refractivity contribution in [3.8, 4) is 6.07 Å². The van der Waals surface area contributed by atoms with E-state index in [1.807, 2.05) is 12.1 Å². The molecule has 1 saturated heterocycles. The first-order chi connectivity index (χ1) is 7.86. The number of nitrogens with two attached hydrogens (primary N) is 1. The molecular weight excluding hydrogens is 200 g/mol. The Morgan fingerprint density at radius 1 is 1.56 bits per heavy atom. The molecule has 1 aromatic heterocycles. The maximum atomic E-state index is 9.04. The number of aromatic nitrogens is 1. The van der Waals surface area contributed by atoms with Crippen molar-refractivity contribution in [2.24, 2.45) is 5.73 Å². The average Bonchev–Trinajstić information content (AvgIpc) is 2.38. The summed E-state index contributed by atoms with van der Waals surface area (Å²) in [6.45, 7) is 1.61. The summed E-state index contributed by atoms with van der Waals surface area (Å²) < 4.78 is 0. The molecule has 4 nitrogen and oxygen atoms in total. The fourth-order valence-corrected chi connectivity index (χ4v) is 2.28. The van der Waals surface area contributed by atoms with Crippen molar-refractivity contribution in [1.82, 2.24) is 4.98 Å². The molecule has 0 radical (unpaired) electrons. The van der Waals surface area contributed by atoms with Crippen molar-refractivity contribution in [2.75, 3.05) is 18.0 Å². The van der Waals surface area contributed by atoms with E-state index in [9.17, 15) is 0 Å². The molecule has 4 heteroatoms. The van der Waals surface area contributed by atoms with Crippen LogP contribution in [0.5, 0.6) is 0 Å². The Morgan fingerprint density at radius 3 is 3.19 bits per heavy atom.